The Morgan fingerprint density at radius 2 is 2.12 bits per heavy atom. The quantitative estimate of drug-likeness (QED) is 0.916. The lowest BCUT2D eigenvalue weighted by atomic mass is 10.3. The van der Waals surface area contributed by atoms with Crippen molar-refractivity contribution in [1.29, 1.82) is 0 Å². The molecule has 0 bridgehead atoms. The second-order valence-corrected chi connectivity index (χ2v) is 3.81. The third-order valence-corrected chi connectivity index (χ3v) is 2.49. The monoisotopic (exact) mass is 274 g/mol. The Morgan fingerprint density at radius 1 is 1.35 bits per heavy atom. The van der Waals surface area contributed by atoms with E-state index < -0.39 is 11.4 Å². The van der Waals surface area contributed by atoms with E-state index >= 15 is 0 Å². The Balaban J connectivity index is 2.38. The number of hydrogen-bond donors (Lipinski definition) is 1. The molecule has 0 atom stereocenters. The van der Waals surface area contributed by atoms with Gasteiger partial charge in [0.1, 0.15) is 11.6 Å². The van der Waals surface area contributed by atoms with E-state index in [-0.39, 0.29) is 21.7 Å². The number of ether oxygens (including phenoxy) is 1. The predicted octanol–water partition coefficient (Wildman–Crippen LogP) is 3.01. The highest BCUT2D eigenvalue weighted by Gasteiger charge is 2.10. The largest absolute Gasteiger partial charge is 0.436 e. The third kappa shape index (κ3) is 2.57. The van der Waals surface area contributed by atoms with Crippen LogP contribution in [-0.4, -0.2) is 9.97 Å². The average Bonchev–Trinajstić information content (AvgIpc) is 2.28. The number of nitrogens with zero attached hydrogens (tertiary/aromatic N) is 1. The summed E-state index contributed by atoms with van der Waals surface area (Å²) in [6.07, 6.45) is 1.14. The van der Waals surface area contributed by atoms with E-state index in [1.54, 1.807) is 0 Å². The van der Waals surface area contributed by atoms with Gasteiger partial charge < -0.3 is 9.72 Å². The van der Waals surface area contributed by atoms with Crippen LogP contribution >= 0.6 is 23.2 Å². The summed E-state index contributed by atoms with van der Waals surface area (Å²) in [5.41, 5.74) is -0.532. The smallest absolute Gasteiger partial charge is 0.273 e. The molecule has 0 radical (unpaired) electrons. The van der Waals surface area contributed by atoms with E-state index in [1.165, 1.54) is 12.1 Å². The van der Waals surface area contributed by atoms with Crippen LogP contribution < -0.4 is 10.3 Å². The highest BCUT2D eigenvalue weighted by molar-refractivity contribution is 6.32. The lowest BCUT2D eigenvalue weighted by Crippen LogP contribution is -2.07. The first-order valence-electron chi connectivity index (χ1n) is 4.44. The highest BCUT2D eigenvalue weighted by atomic mass is 35.5. The van der Waals surface area contributed by atoms with Gasteiger partial charge in [-0.3, -0.25) is 4.79 Å². The summed E-state index contributed by atoms with van der Waals surface area (Å²) in [5.74, 6) is -0.427. The maximum Gasteiger partial charge on any atom is 0.273 e. The molecule has 0 saturated carbocycles. The van der Waals surface area contributed by atoms with Crippen molar-refractivity contribution in [3.05, 3.63) is 50.7 Å². The molecule has 0 aliphatic carbocycles. The Kier molecular flexibility index (Phi) is 3.31. The number of H-pyrrole nitrogens is 1. The first-order chi connectivity index (χ1) is 8.08. The van der Waals surface area contributed by atoms with Crippen molar-refractivity contribution in [3.8, 4) is 11.6 Å². The normalized spacial score (nSPS) is 10.3. The van der Waals surface area contributed by atoms with Crippen molar-refractivity contribution in [2.24, 2.45) is 0 Å². The van der Waals surface area contributed by atoms with Gasteiger partial charge >= 0.3 is 0 Å². The molecule has 0 aliphatic heterocycles. The predicted molar refractivity (Wildman–Crippen MR) is 61.4 cm³/mol. The highest BCUT2D eigenvalue weighted by Crippen LogP contribution is 2.30. The molecule has 0 saturated heterocycles. The maximum absolute atomic E-state index is 12.8. The standard InChI is InChI=1S/C10H5Cl2FN2O2/c11-6-3-5(13)1-2-7(6)17-10-8(12)9(16)14-4-15-10/h1-4H,(H,14,15,16). The summed E-state index contributed by atoms with van der Waals surface area (Å²) in [6, 6.07) is 3.57. The number of aromatic nitrogens is 2. The van der Waals surface area contributed by atoms with Gasteiger partial charge in [0.05, 0.1) is 11.3 Å². The number of rotatable bonds is 2. The SMILES string of the molecule is O=c1[nH]cnc(Oc2ccc(F)cc2Cl)c1Cl. The molecule has 0 amide bonds. The summed E-state index contributed by atoms with van der Waals surface area (Å²) >= 11 is 11.4. The first-order valence-corrected chi connectivity index (χ1v) is 5.19. The Morgan fingerprint density at radius 3 is 2.82 bits per heavy atom. The summed E-state index contributed by atoms with van der Waals surface area (Å²) in [5, 5.41) is -0.143. The van der Waals surface area contributed by atoms with Gasteiger partial charge in [-0.25, -0.2) is 9.37 Å². The van der Waals surface area contributed by atoms with Gasteiger partial charge in [0, 0.05) is 0 Å². The van der Waals surface area contributed by atoms with Crippen LogP contribution in [-0.2, 0) is 0 Å². The summed E-state index contributed by atoms with van der Waals surface area (Å²) in [4.78, 5) is 17.2. The number of benzene rings is 1. The fourth-order valence-electron chi connectivity index (χ4n) is 1.10. The zero-order valence-corrected chi connectivity index (χ0v) is 9.72. The van der Waals surface area contributed by atoms with Crippen LogP contribution in [0.4, 0.5) is 4.39 Å². The van der Waals surface area contributed by atoms with Gasteiger partial charge in [0.2, 0.25) is 5.88 Å². The summed E-state index contributed by atoms with van der Waals surface area (Å²) in [7, 11) is 0. The Hall–Kier alpha value is -1.59. The fourth-order valence-corrected chi connectivity index (χ4v) is 1.45. The molecule has 1 aromatic heterocycles. The van der Waals surface area contributed by atoms with Gasteiger partial charge in [-0.15, -0.1) is 0 Å². The molecule has 1 N–H and O–H groups in total. The van der Waals surface area contributed by atoms with Crippen molar-refractivity contribution >= 4 is 23.2 Å². The molecule has 1 aromatic carbocycles. The first kappa shape index (κ1) is 11.9. The van der Waals surface area contributed by atoms with Gasteiger partial charge in [0.15, 0.2) is 5.02 Å². The van der Waals surface area contributed by atoms with E-state index in [0.29, 0.717) is 0 Å². The number of hydrogen-bond acceptors (Lipinski definition) is 3. The van der Waals surface area contributed by atoms with Gasteiger partial charge in [-0.05, 0) is 18.2 Å². The Bertz CT molecular complexity index is 615. The molecule has 1 heterocycles. The second-order valence-electron chi connectivity index (χ2n) is 3.03. The number of aromatic amines is 1. The lowest BCUT2D eigenvalue weighted by Gasteiger charge is -2.06. The van der Waals surface area contributed by atoms with E-state index in [1.807, 2.05) is 0 Å². The fraction of sp³-hybridized carbons (Fsp3) is 0. The van der Waals surface area contributed by atoms with Gasteiger partial charge in [-0.1, -0.05) is 23.2 Å². The lowest BCUT2D eigenvalue weighted by molar-refractivity contribution is 0.459. The van der Waals surface area contributed by atoms with Crippen LogP contribution in [0, 0.1) is 5.82 Å². The topological polar surface area (TPSA) is 55.0 Å². The number of nitrogens with one attached hydrogen (secondary N) is 1. The van der Waals surface area contributed by atoms with Crippen molar-refractivity contribution < 1.29 is 9.13 Å². The molecule has 88 valence electrons. The van der Waals surface area contributed by atoms with Crippen molar-refractivity contribution in [2.75, 3.05) is 0 Å². The second kappa shape index (κ2) is 4.73. The van der Waals surface area contributed by atoms with Gasteiger partial charge in [-0.2, -0.15) is 0 Å². The van der Waals surface area contributed by atoms with Crippen LogP contribution in [0.3, 0.4) is 0 Å². The Labute approximate surface area is 105 Å². The van der Waals surface area contributed by atoms with Crippen LogP contribution in [0.1, 0.15) is 0 Å². The van der Waals surface area contributed by atoms with Crippen LogP contribution in [0.25, 0.3) is 0 Å². The van der Waals surface area contributed by atoms with Crippen LogP contribution in [0.5, 0.6) is 11.6 Å². The molecule has 0 spiro atoms. The molecule has 7 heteroatoms. The molecule has 2 aromatic rings. The third-order valence-electron chi connectivity index (χ3n) is 1.87. The summed E-state index contributed by atoms with van der Waals surface area (Å²) in [6.45, 7) is 0. The van der Waals surface area contributed by atoms with Crippen molar-refractivity contribution in [2.45, 2.75) is 0 Å². The molecular formula is C10H5Cl2FN2O2. The zero-order chi connectivity index (χ0) is 12.4. The molecule has 0 unspecified atom stereocenters. The molecular weight excluding hydrogens is 270 g/mol. The maximum atomic E-state index is 12.8. The van der Waals surface area contributed by atoms with Crippen LogP contribution in [0.2, 0.25) is 10.0 Å². The minimum Gasteiger partial charge on any atom is -0.436 e. The minimum absolute atomic E-state index is 0.0585. The van der Waals surface area contributed by atoms with E-state index in [4.69, 9.17) is 27.9 Å². The molecule has 0 fully saturated rings. The molecule has 4 nitrogen and oxygen atoms in total. The van der Waals surface area contributed by atoms with Gasteiger partial charge in [0.25, 0.3) is 5.56 Å². The minimum atomic E-state index is -0.532. The molecule has 17 heavy (non-hydrogen) atoms. The zero-order valence-electron chi connectivity index (χ0n) is 8.21. The number of halogens is 3. The van der Waals surface area contributed by atoms with Crippen molar-refractivity contribution in [3.63, 3.8) is 0 Å². The van der Waals surface area contributed by atoms with Crippen molar-refractivity contribution in [1.82, 2.24) is 9.97 Å². The van der Waals surface area contributed by atoms with E-state index in [0.717, 1.165) is 12.4 Å². The van der Waals surface area contributed by atoms with E-state index in [9.17, 15) is 9.18 Å². The average molecular weight is 275 g/mol. The molecule has 2 rings (SSSR count). The van der Waals surface area contributed by atoms with E-state index in [2.05, 4.69) is 9.97 Å². The summed E-state index contributed by atoms with van der Waals surface area (Å²) < 4.78 is 18.0. The van der Waals surface area contributed by atoms with Crippen LogP contribution in [0.15, 0.2) is 29.3 Å². The molecule has 0 aliphatic rings.